The van der Waals surface area contributed by atoms with Gasteiger partial charge in [0.05, 0.1) is 7.11 Å². The second kappa shape index (κ2) is 7.27. The predicted octanol–water partition coefficient (Wildman–Crippen LogP) is 3.05. The number of benzene rings is 1. The summed E-state index contributed by atoms with van der Waals surface area (Å²) < 4.78 is 11.4. The van der Waals surface area contributed by atoms with Crippen LogP contribution in [0.15, 0.2) is 24.3 Å². The quantitative estimate of drug-likeness (QED) is 0.743. The summed E-state index contributed by atoms with van der Waals surface area (Å²) in [5.74, 6) is 2.11. The molecule has 0 fully saturated rings. The minimum Gasteiger partial charge on any atom is -0.493 e. The first kappa shape index (κ1) is 14.8. The van der Waals surface area contributed by atoms with Crippen LogP contribution in [0.2, 0.25) is 0 Å². The highest BCUT2D eigenvalue weighted by molar-refractivity contribution is 5.39. The monoisotopic (exact) mass is 251 g/mol. The van der Waals surface area contributed by atoms with Gasteiger partial charge in [-0.2, -0.15) is 0 Å². The minimum absolute atomic E-state index is 0.212. The molecule has 0 N–H and O–H groups in total. The zero-order chi connectivity index (χ0) is 13.5. The molecule has 0 radical (unpaired) electrons. The Bertz CT molecular complexity index is 352. The van der Waals surface area contributed by atoms with Gasteiger partial charge in [-0.1, -0.05) is 26.0 Å². The number of methoxy groups -OCH3 is 1. The molecule has 0 saturated carbocycles. The summed E-state index contributed by atoms with van der Waals surface area (Å²) in [5, 5.41) is 0. The van der Waals surface area contributed by atoms with Crippen molar-refractivity contribution in [1.82, 2.24) is 4.90 Å². The SMILES string of the molecule is CC[C@@H](Oc1ccccc1OC)[C@@H](C)CN(C)C. The Morgan fingerprint density at radius 2 is 1.78 bits per heavy atom. The van der Waals surface area contributed by atoms with E-state index in [0.29, 0.717) is 5.92 Å². The van der Waals surface area contributed by atoms with Crippen LogP contribution >= 0.6 is 0 Å². The van der Waals surface area contributed by atoms with Gasteiger partial charge in [0.25, 0.3) is 0 Å². The standard InChI is InChI=1S/C15H25NO2/c1-6-13(12(2)11-16(3)4)18-15-10-8-7-9-14(15)17-5/h7-10,12-13H,6,11H2,1-5H3/t12-,13+/m0/s1. The zero-order valence-corrected chi connectivity index (χ0v) is 12.1. The fourth-order valence-corrected chi connectivity index (χ4v) is 2.17. The van der Waals surface area contributed by atoms with E-state index in [1.165, 1.54) is 0 Å². The summed E-state index contributed by atoms with van der Waals surface area (Å²) in [6.45, 7) is 5.41. The van der Waals surface area contributed by atoms with E-state index in [9.17, 15) is 0 Å². The van der Waals surface area contributed by atoms with Crippen molar-refractivity contribution in [2.45, 2.75) is 26.4 Å². The van der Waals surface area contributed by atoms with Gasteiger partial charge >= 0.3 is 0 Å². The van der Waals surface area contributed by atoms with Gasteiger partial charge in [-0.05, 0) is 32.6 Å². The number of hydrogen-bond donors (Lipinski definition) is 0. The van der Waals surface area contributed by atoms with Gasteiger partial charge in [0, 0.05) is 12.5 Å². The van der Waals surface area contributed by atoms with Crippen LogP contribution < -0.4 is 9.47 Å². The van der Waals surface area contributed by atoms with Gasteiger partial charge in [0.1, 0.15) is 6.10 Å². The lowest BCUT2D eigenvalue weighted by Gasteiger charge is -2.27. The number of nitrogens with zero attached hydrogens (tertiary/aromatic N) is 1. The molecule has 0 bridgehead atoms. The molecule has 2 atom stereocenters. The van der Waals surface area contributed by atoms with Crippen LogP contribution in [-0.2, 0) is 0 Å². The van der Waals surface area contributed by atoms with Crippen molar-refractivity contribution in [2.75, 3.05) is 27.7 Å². The van der Waals surface area contributed by atoms with Crippen molar-refractivity contribution in [3.8, 4) is 11.5 Å². The largest absolute Gasteiger partial charge is 0.493 e. The van der Waals surface area contributed by atoms with E-state index in [4.69, 9.17) is 9.47 Å². The Labute approximate surface area is 111 Å². The molecule has 0 saturated heterocycles. The van der Waals surface area contributed by atoms with E-state index in [2.05, 4.69) is 32.8 Å². The lowest BCUT2D eigenvalue weighted by molar-refractivity contribution is 0.115. The molecule has 3 heteroatoms. The molecule has 0 amide bonds. The van der Waals surface area contributed by atoms with E-state index in [-0.39, 0.29) is 6.10 Å². The molecular formula is C15H25NO2. The molecule has 0 unspecified atom stereocenters. The molecule has 1 rings (SSSR count). The molecule has 1 aromatic rings. The Hall–Kier alpha value is -1.22. The van der Waals surface area contributed by atoms with Gasteiger partial charge in [0.2, 0.25) is 0 Å². The lowest BCUT2D eigenvalue weighted by Crippen LogP contribution is -2.32. The summed E-state index contributed by atoms with van der Waals surface area (Å²) >= 11 is 0. The molecule has 1 aromatic carbocycles. The maximum absolute atomic E-state index is 6.10. The van der Waals surface area contributed by atoms with Crippen LogP contribution in [0, 0.1) is 5.92 Å². The van der Waals surface area contributed by atoms with Gasteiger partial charge in [0.15, 0.2) is 11.5 Å². The first-order chi connectivity index (χ1) is 8.58. The third-order valence-corrected chi connectivity index (χ3v) is 3.04. The fourth-order valence-electron chi connectivity index (χ4n) is 2.17. The smallest absolute Gasteiger partial charge is 0.161 e. The maximum Gasteiger partial charge on any atom is 0.161 e. The molecule has 0 aliphatic carbocycles. The van der Waals surface area contributed by atoms with Crippen LogP contribution in [0.4, 0.5) is 0 Å². The highest BCUT2D eigenvalue weighted by Crippen LogP contribution is 2.28. The van der Waals surface area contributed by atoms with Gasteiger partial charge in [-0.15, -0.1) is 0 Å². The Balaban J connectivity index is 2.73. The van der Waals surface area contributed by atoms with Crippen molar-refractivity contribution < 1.29 is 9.47 Å². The van der Waals surface area contributed by atoms with E-state index in [1.54, 1.807) is 7.11 Å². The first-order valence-electron chi connectivity index (χ1n) is 6.52. The van der Waals surface area contributed by atoms with Crippen molar-refractivity contribution >= 4 is 0 Å². The van der Waals surface area contributed by atoms with Crippen LogP contribution in [0.3, 0.4) is 0 Å². The second-order valence-corrected chi connectivity index (χ2v) is 4.95. The summed E-state index contributed by atoms with van der Waals surface area (Å²) in [4.78, 5) is 2.19. The Morgan fingerprint density at radius 3 is 2.28 bits per heavy atom. The highest BCUT2D eigenvalue weighted by atomic mass is 16.5. The molecule has 18 heavy (non-hydrogen) atoms. The van der Waals surface area contributed by atoms with Crippen molar-refractivity contribution in [1.29, 1.82) is 0 Å². The lowest BCUT2D eigenvalue weighted by atomic mass is 10.0. The average molecular weight is 251 g/mol. The predicted molar refractivity (Wildman–Crippen MR) is 75.4 cm³/mol. The zero-order valence-electron chi connectivity index (χ0n) is 12.1. The van der Waals surface area contributed by atoms with Gasteiger partial charge in [-0.3, -0.25) is 0 Å². The van der Waals surface area contributed by atoms with E-state index in [0.717, 1.165) is 24.5 Å². The van der Waals surface area contributed by atoms with E-state index in [1.807, 2.05) is 24.3 Å². The van der Waals surface area contributed by atoms with Crippen molar-refractivity contribution in [3.05, 3.63) is 24.3 Å². The third kappa shape index (κ3) is 4.22. The minimum atomic E-state index is 0.212. The first-order valence-corrected chi connectivity index (χ1v) is 6.52. The van der Waals surface area contributed by atoms with Crippen molar-refractivity contribution in [3.63, 3.8) is 0 Å². The maximum atomic E-state index is 6.10. The average Bonchev–Trinajstić information content (AvgIpc) is 2.35. The van der Waals surface area contributed by atoms with Crippen molar-refractivity contribution in [2.24, 2.45) is 5.92 Å². The molecule has 0 aliphatic rings. The molecule has 3 nitrogen and oxygen atoms in total. The van der Waals surface area contributed by atoms with Crippen LogP contribution in [0.1, 0.15) is 20.3 Å². The fraction of sp³-hybridized carbons (Fsp3) is 0.600. The molecule has 0 aliphatic heterocycles. The molecule has 0 spiro atoms. The number of rotatable bonds is 7. The molecule has 0 heterocycles. The summed E-state index contributed by atoms with van der Waals surface area (Å²) in [6, 6.07) is 7.82. The van der Waals surface area contributed by atoms with Crippen LogP contribution in [0.25, 0.3) is 0 Å². The van der Waals surface area contributed by atoms with Crippen LogP contribution in [0.5, 0.6) is 11.5 Å². The third-order valence-electron chi connectivity index (χ3n) is 3.04. The van der Waals surface area contributed by atoms with E-state index < -0.39 is 0 Å². The highest BCUT2D eigenvalue weighted by Gasteiger charge is 2.19. The molecule has 102 valence electrons. The molecular weight excluding hydrogens is 226 g/mol. The number of ether oxygens (including phenoxy) is 2. The van der Waals surface area contributed by atoms with Gasteiger partial charge in [-0.25, -0.2) is 0 Å². The second-order valence-electron chi connectivity index (χ2n) is 4.95. The number of hydrogen-bond acceptors (Lipinski definition) is 3. The Kier molecular flexibility index (Phi) is 5.99. The molecule has 0 aromatic heterocycles. The van der Waals surface area contributed by atoms with Crippen LogP contribution in [-0.4, -0.2) is 38.8 Å². The van der Waals surface area contributed by atoms with E-state index >= 15 is 0 Å². The normalized spacial score (nSPS) is 14.3. The summed E-state index contributed by atoms with van der Waals surface area (Å²) in [6.07, 6.45) is 1.20. The summed E-state index contributed by atoms with van der Waals surface area (Å²) in [5.41, 5.74) is 0. The number of para-hydroxylation sites is 2. The summed E-state index contributed by atoms with van der Waals surface area (Å²) in [7, 11) is 5.85. The Morgan fingerprint density at radius 1 is 1.17 bits per heavy atom. The topological polar surface area (TPSA) is 21.7 Å². The van der Waals surface area contributed by atoms with Gasteiger partial charge < -0.3 is 14.4 Å².